The quantitative estimate of drug-likeness (QED) is 0.616. The van der Waals surface area contributed by atoms with Gasteiger partial charge in [-0.25, -0.2) is 4.79 Å². The summed E-state index contributed by atoms with van der Waals surface area (Å²) < 4.78 is 10.9. The number of benzene rings is 3. The zero-order valence-corrected chi connectivity index (χ0v) is 18.3. The molecule has 2 atom stereocenters. The van der Waals surface area contributed by atoms with Gasteiger partial charge in [-0.1, -0.05) is 60.7 Å². The van der Waals surface area contributed by atoms with E-state index in [0.717, 1.165) is 16.7 Å². The summed E-state index contributed by atoms with van der Waals surface area (Å²) in [5.41, 5.74) is 5.50. The highest BCUT2D eigenvalue weighted by atomic mass is 16.6. The highest BCUT2D eigenvalue weighted by Crippen LogP contribution is 2.44. The van der Waals surface area contributed by atoms with E-state index in [0.29, 0.717) is 12.3 Å². The van der Waals surface area contributed by atoms with Gasteiger partial charge in [0, 0.05) is 24.9 Å². The first-order valence-electron chi connectivity index (χ1n) is 11.0. The van der Waals surface area contributed by atoms with Crippen molar-refractivity contribution >= 4 is 12.1 Å². The molecule has 3 aromatic carbocycles. The molecule has 0 bridgehead atoms. The maximum Gasteiger partial charge on any atom is 0.409 e. The number of carbonyl (C=O) groups is 2. The summed E-state index contributed by atoms with van der Waals surface area (Å²) in [5.74, 6) is -1.22. The number of carboxylic acid groups (broad SMARTS) is 1. The molecule has 0 radical (unpaired) electrons. The van der Waals surface area contributed by atoms with Gasteiger partial charge in [0.05, 0.1) is 13.0 Å². The van der Waals surface area contributed by atoms with Crippen molar-refractivity contribution in [1.82, 2.24) is 4.90 Å². The lowest BCUT2D eigenvalue weighted by atomic mass is 9.89. The molecule has 1 fully saturated rings. The van der Waals surface area contributed by atoms with Crippen LogP contribution >= 0.6 is 0 Å². The molecule has 33 heavy (non-hydrogen) atoms. The van der Waals surface area contributed by atoms with E-state index in [1.165, 1.54) is 16.0 Å². The molecule has 6 heteroatoms. The third-order valence-corrected chi connectivity index (χ3v) is 6.78. The number of rotatable bonds is 5. The largest absolute Gasteiger partial charge is 0.497 e. The monoisotopic (exact) mass is 443 g/mol. The Morgan fingerprint density at radius 3 is 2.09 bits per heavy atom. The van der Waals surface area contributed by atoms with Crippen LogP contribution in [0, 0.1) is 5.92 Å². The molecule has 0 saturated carbocycles. The Hall–Kier alpha value is -3.80. The number of nitrogens with zero attached hydrogens (tertiary/aromatic N) is 1. The molecule has 1 saturated heterocycles. The molecule has 1 amide bonds. The summed E-state index contributed by atoms with van der Waals surface area (Å²) in [5, 5.41) is 9.76. The fourth-order valence-electron chi connectivity index (χ4n) is 5.08. The minimum Gasteiger partial charge on any atom is -0.497 e. The van der Waals surface area contributed by atoms with Crippen LogP contribution in [-0.4, -0.2) is 48.9 Å². The van der Waals surface area contributed by atoms with E-state index in [1.807, 2.05) is 48.5 Å². The van der Waals surface area contributed by atoms with E-state index >= 15 is 0 Å². The molecule has 5 rings (SSSR count). The number of aliphatic carboxylic acids is 1. The topological polar surface area (TPSA) is 76.1 Å². The molecule has 2 aliphatic rings. The Balaban J connectivity index is 1.31. The Kier molecular flexibility index (Phi) is 5.50. The van der Waals surface area contributed by atoms with Crippen molar-refractivity contribution in [3.05, 3.63) is 89.5 Å². The fraction of sp³-hybridized carbons (Fsp3) is 0.259. The van der Waals surface area contributed by atoms with Crippen LogP contribution in [0.25, 0.3) is 11.1 Å². The summed E-state index contributed by atoms with van der Waals surface area (Å²) >= 11 is 0. The number of hydrogen-bond acceptors (Lipinski definition) is 4. The maximum atomic E-state index is 13.0. The minimum absolute atomic E-state index is 0.0309. The molecular formula is C27H25NO5. The Morgan fingerprint density at radius 2 is 1.52 bits per heavy atom. The Morgan fingerprint density at radius 1 is 0.909 bits per heavy atom. The summed E-state index contributed by atoms with van der Waals surface area (Å²) in [7, 11) is 1.59. The van der Waals surface area contributed by atoms with Gasteiger partial charge in [0.2, 0.25) is 0 Å². The minimum atomic E-state index is -0.912. The van der Waals surface area contributed by atoms with Crippen LogP contribution in [0.1, 0.15) is 28.5 Å². The van der Waals surface area contributed by atoms with Crippen LogP contribution in [0.4, 0.5) is 4.79 Å². The number of carbonyl (C=O) groups excluding carboxylic acids is 1. The van der Waals surface area contributed by atoms with E-state index in [9.17, 15) is 14.7 Å². The van der Waals surface area contributed by atoms with Crippen molar-refractivity contribution in [1.29, 1.82) is 0 Å². The van der Waals surface area contributed by atoms with Crippen molar-refractivity contribution in [3.8, 4) is 16.9 Å². The number of fused-ring (bicyclic) bond motifs is 3. The first kappa shape index (κ1) is 21.1. The SMILES string of the molecule is COc1ccc([C@@H]2CN(C(=O)OCC3c4ccccc4-c4ccccc43)CC2C(=O)O)cc1. The van der Waals surface area contributed by atoms with Gasteiger partial charge in [0.15, 0.2) is 0 Å². The van der Waals surface area contributed by atoms with Crippen molar-refractivity contribution < 1.29 is 24.2 Å². The van der Waals surface area contributed by atoms with Gasteiger partial charge in [0.1, 0.15) is 12.4 Å². The van der Waals surface area contributed by atoms with Crippen LogP contribution in [0.2, 0.25) is 0 Å². The summed E-state index contributed by atoms with van der Waals surface area (Å²) in [6, 6.07) is 23.7. The molecule has 0 spiro atoms. The summed E-state index contributed by atoms with van der Waals surface area (Å²) in [4.78, 5) is 26.4. The van der Waals surface area contributed by atoms with E-state index in [1.54, 1.807) is 7.11 Å². The molecule has 3 aromatic rings. The van der Waals surface area contributed by atoms with Gasteiger partial charge >= 0.3 is 12.1 Å². The van der Waals surface area contributed by atoms with E-state index in [4.69, 9.17) is 9.47 Å². The number of amides is 1. The first-order chi connectivity index (χ1) is 16.1. The number of hydrogen-bond donors (Lipinski definition) is 1. The first-order valence-corrected chi connectivity index (χ1v) is 11.0. The van der Waals surface area contributed by atoms with Gasteiger partial charge in [0.25, 0.3) is 0 Å². The van der Waals surface area contributed by atoms with Gasteiger partial charge < -0.3 is 19.5 Å². The average molecular weight is 443 g/mol. The van der Waals surface area contributed by atoms with Crippen molar-refractivity contribution in [2.45, 2.75) is 11.8 Å². The lowest BCUT2D eigenvalue weighted by Gasteiger charge is -2.19. The lowest BCUT2D eigenvalue weighted by molar-refractivity contribution is -0.141. The fourth-order valence-corrected chi connectivity index (χ4v) is 5.08. The Labute approximate surface area is 192 Å². The second-order valence-electron chi connectivity index (χ2n) is 8.53. The number of methoxy groups -OCH3 is 1. The maximum absolute atomic E-state index is 13.0. The van der Waals surface area contributed by atoms with Crippen LogP contribution in [0.3, 0.4) is 0 Å². The second-order valence-corrected chi connectivity index (χ2v) is 8.53. The van der Waals surface area contributed by atoms with Crippen molar-refractivity contribution in [2.75, 3.05) is 26.8 Å². The van der Waals surface area contributed by atoms with Gasteiger partial charge in [-0.3, -0.25) is 4.79 Å². The Bertz CT molecular complexity index is 1140. The molecule has 1 aliphatic carbocycles. The predicted molar refractivity (Wildman–Crippen MR) is 124 cm³/mol. The predicted octanol–water partition coefficient (Wildman–Crippen LogP) is 4.74. The van der Waals surface area contributed by atoms with Crippen LogP contribution in [0.15, 0.2) is 72.8 Å². The number of ether oxygens (including phenoxy) is 2. The smallest absolute Gasteiger partial charge is 0.409 e. The normalized spacial score (nSPS) is 19.1. The van der Waals surface area contributed by atoms with Gasteiger partial charge in [-0.05, 0) is 39.9 Å². The third-order valence-electron chi connectivity index (χ3n) is 6.78. The highest BCUT2D eigenvalue weighted by molar-refractivity contribution is 5.79. The molecular weight excluding hydrogens is 418 g/mol. The molecule has 1 aliphatic heterocycles. The van der Waals surface area contributed by atoms with E-state index in [-0.39, 0.29) is 25.0 Å². The van der Waals surface area contributed by atoms with E-state index < -0.39 is 18.0 Å². The van der Waals surface area contributed by atoms with Gasteiger partial charge in [-0.15, -0.1) is 0 Å². The summed E-state index contributed by atoms with van der Waals surface area (Å²) in [6.45, 7) is 0.650. The molecule has 1 unspecified atom stereocenters. The average Bonchev–Trinajstić information content (AvgIpc) is 3.43. The van der Waals surface area contributed by atoms with Crippen LogP contribution in [0.5, 0.6) is 5.75 Å². The van der Waals surface area contributed by atoms with Crippen molar-refractivity contribution in [2.24, 2.45) is 5.92 Å². The zero-order valence-electron chi connectivity index (χ0n) is 18.3. The standard InChI is InChI=1S/C27H25NO5/c1-32-18-12-10-17(11-13-18)23-14-28(15-24(23)26(29)30)27(31)33-16-25-21-8-4-2-6-19(21)20-7-3-5-9-22(20)25/h2-13,23-25H,14-16H2,1H3,(H,29,30)/t23-,24?/m0/s1. The zero-order chi connectivity index (χ0) is 22.9. The highest BCUT2D eigenvalue weighted by Gasteiger charge is 2.41. The van der Waals surface area contributed by atoms with Crippen LogP contribution in [-0.2, 0) is 9.53 Å². The molecule has 0 aromatic heterocycles. The molecule has 6 nitrogen and oxygen atoms in total. The van der Waals surface area contributed by atoms with Crippen molar-refractivity contribution in [3.63, 3.8) is 0 Å². The lowest BCUT2D eigenvalue weighted by Crippen LogP contribution is -2.31. The summed E-state index contributed by atoms with van der Waals surface area (Å²) in [6.07, 6.45) is -0.473. The van der Waals surface area contributed by atoms with Gasteiger partial charge in [-0.2, -0.15) is 0 Å². The molecule has 1 N–H and O–H groups in total. The number of carboxylic acids is 1. The molecule has 168 valence electrons. The number of likely N-dealkylation sites (tertiary alicyclic amines) is 1. The molecule has 1 heterocycles. The third kappa shape index (κ3) is 3.82. The van der Waals surface area contributed by atoms with Crippen LogP contribution < -0.4 is 4.74 Å². The second kappa shape index (κ2) is 8.62. The van der Waals surface area contributed by atoms with E-state index in [2.05, 4.69) is 24.3 Å².